The second kappa shape index (κ2) is 8.08. The van der Waals surface area contributed by atoms with Crippen molar-refractivity contribution < 1.29 is 4.74 Å². The maximum Gasteiger partial charge on any atom is 0.140 e. The number of ether oxygens (including phenoxy) is 1. The average Bonchev–Trinajstić information content (AvgIpc) is 2.35. The molecule has 0 aliphatic rings. The molecule has 106 valence electrons. The number of benzene rings is 1. The van der Waals surface area contributed by atoms with Gasteiger partial charge in [0, 0.05) is 16.1 Å². The standard InChI is InChI=1S/C15H21Br2NO/c1-5-6-18-11(3)10(2)7-12-8-13(16)9-14(17)15(12)19-4/h7-9,11,18H,5-6H2,1-4H3/b10-7+. The van der Waals surface area contributed by atoms with Gasteiger partial charge in [-0.1, -0.05) is 34.5 Å². The smallest absolute Gasteiger partial charge is 0.140 e. The summed E-state index contributed by atoms with van der Waals surface area (Å²) in [4.78, 5) is 0. The Morgan fingerprint density at radius 2 is 2.11 bits per heavy atom. The number of rotatable bonds is 6. The number of nitrogens with one attached hydrogen (secondary N) is 1. The highest BCUT2D eigenvalue weighted by molar-refractivity contribution is 9.11. The molecule has 0 fully saturated rings. The Morgan fingerprint density at radius 3 is 2.68 bits per heavy atom. The van der Waals surface area contributed by atoms with Gasteiger partial charge < -0.3 is 10.1 Å². The lowest BCUT2D eigenvalue weighted by molar-refractivity contribution is 0.411. The van der Waals surface area contributed by atoms with E-state index in [9.17, 15) is 0 Å². The van der Waals surface area contributed by atoms with E-state index < -0.39 is 0 Å². The minimum absolute atomic E-state index is 0.363. The molecule has 0 bridgehead atoms. The van der Waals surface area contributed by atoms with E-state index in [1.807, 2.05) is 6.07 Å². The van der Waals surface area contributed by atoms with Crippen molar-refractivity contribution in [3.63, 3.8) is 0 Å². The highest BCUT2D eigenvalue weighted by Crippen LogP contribution is 2.34. The van der Waals surface area contributed by atoms with Gasteiger partial charge in [0.1, 0.15) is 5.75 Å². The van der Waals surface area contributed by atoms with Crippen molar-refractivity contribution in [3.05, 3.63) is 32.2 Å². The van der Waals surface area contributed by atoms with Gasteiger partial charge in [-0.05, 0) is 54.9 Å². The normalized spacial score (nSPS) is 13.5. The molecule has 1 aromatic carbocycles. The minimum Gasteiger partial charge on any atom is -0.495 e. The molecular formula is C15H21Br2NO. The van der Waals surface area contributed by atoms with Gasteiger partial charge in [-0.2, -0.15) is 0 Å². The molecule has 4 heteroatoms. The summed E-state index contributed by atoms with van der Waals surface area (Å²) in [5, 5.41) is 3.49. The van der Waals surface area contributed by atoms with Crippen LogP contribution in [0, 0.1) is 0 Å². The predicted octanol–water partition coefficient (Wildman–Crippen LogP) is 5.01. The van der Waals surface area contributed by atoms with E-state index >= 15 is 0 Å². The van der Waals surface area contributed by atoms with Crippen molar-refractivity contribution in [2.75, 3.05) is 13.7 Å². The summed E-state index contributed by atoms with van der Waals surface area (Å²) in [6, 6.07) is 4.42. The Morgan fingerprint density at radius 1 is 1.42 bits per heavy atom. The molecular weight excluding hydrogens is 370 g/mol. The summed E-state index contributed by atoms with van der Waals surface area (Å²) in [7, 11) is 1.69. The Bertz CT molecular complexity index is 458. The van der Waals surface area contributed by atoms with Gasteiger partial charge in [0.2, 0.25) is 0 Å². The second-order valence-electron chi connectivity index (χ2n) is 4.57. The zero-order chi connectivity index (χ0) is 14.4. The monoisotopic (exact) mass is 389 g/mol. The van der Waals surface area contributed by atoms with Gasteiger partial charge in [0.25, 0.3) is 0 Å². The first-order valence-corrected chi connectivity index (χ1v) is 8.02. The third kappa shape index (κ3) is 4.93. The van der Waals surface area contributed by atoms with E-state index in [1.165, 1.54) is 5.57 Å². The van der Waals surface area contributed by atoms with Crippen LogP contribution in [0.5, 0.6) is 5.75 Å². The van der Waals surface area contributed by atoms with E-state index in [0.29, 0.717) is 6.04 Å². The van der Waals surface area contributed by atoms with Crippen LogP contribution in [0.2, 0.25) is 0 Å². The Labute approximate surface area is 132 Å². The lowest BCUT2D eigenvalue weighted by atomic mass is 10.1. The van der Waals surface area contributed by atoms with Crippen LogP contribution in [0.15, 0.2) is 26.7 Å². The third-order valence-corrected chi connectivity index (χ3v) is 4.05. The summed E-state index contributed by atoms with van der Waals surface area (Å²) >= 11 is 7.04. The number of hydrogen-bond acceptors (Lipinski definition) is 2. The molecule has 0 aromatic heterocycles. The lowest BCUT2D eigenvalue weighted by Gasteiger charge is -2.15. The topological polar surface area (TPSA) is 21.3 Å². The van der Waals surface area contributed by atoms with Gasteiger partial charge in [0.05, 0.1) is 11.6 Å². The summed E-state index contributed by atoms with van der Waals surface area (Å²) < 4.78 is 7.45. The minimum atomic E-state index is 0.363. The van der Waals surface area contributed by atoms with Crippen LogP contribution in [0.25, 0.3) is 6.08 Å². The van der Waals surface area contributed by atoms with Gasteiger partial charge in [-0.3, -0.25) is 0 Å². The largest absolute Gasteiger partial charge is 0.495 e. The third-order valence-electron chi connectivity index (χ3n) is 3.01. The van der Waals surface area contributed by atoms with E-state index in [2.05, 4.69) is 70.1 Å². The maximum absolute atomic E-state index is 5.46. The van der Waals surface area contributed by atoms with E-state index in [-0.39, 0.29) is 0 Å². The summed E-state index contributed by atoms with van der Waals surface area (Å²) in [6.07, 6.45) is 3.31. The van der Waals surface area contributed by atoms with Crippen LogP contribution in [0.3, 0.4) is 0 Å². The van der Waals surface area contributed by atoms with Crippen molar-refractivity contribution in [2.24, 2.45) is 0 Å². The molecule has 0 amide bonds. The fourth-order valence-electron chi connectivity index (χ4n) is 1.79. The number of methoxy groups -OCH3 is 1. The summed E-state index contributed by atoms with van der Waals surface area (Å²) in [6.45, 7) is 7.53. The molecule has 1 rings (SSSR count). The first-order chi connectivity index (χ1) is 8.99. The van der Waals surface area contributed by atoms with Gasteiger partial charge in [-0.15, -0.1) is 0 Å². The molecule has 2 nitrogen and oxygen atoms in total. The highest BCUT2D eigenvalue weighted by Gasteiger charge is 2.09. The van der Waals surface area contributed by atoms with Crippen LogP contribution in [0.4, 0.5) is 0 Å². The van der Waals surface area contributed by atoms with E-state index in [1.54, 1.807) is 7.11 Å². The van der Waals surface area contributed by atoms with Gasteiger partial charge in [0.15, 0.2) is 0 Å². The molecule has 0 aliphatic carbocycles. The SMILES string of the molecule is CCCNC(C)/C(C)=C/c1cc(Br)cc(Br)c1OC. The Hall–Kier alpha value is -0.320. The average molecular weight is 391 g/mol. The molecule has 1 unspecified atom stereocenters. The van der Waals surface area contributed by atoms with Crippen molar-refractivity contribution in [2.45, 2.75) is 33.2 Å². The molecule has 0 saturated carbocycles. The van der Waals surface area contributed by atoms with Gasteiger partial charge in [-0.25, -0.2) is 0 Å². The lowest BCUT2D eigenvalue weighted by Crippen LogP contribution is -2.27. The summed E-state index contributed by atoms with van der Waals surface area (Å²) in [5.74, 6) is 0.866. The Kier molecular flexibility index (Phi) is 7.11. The molecule has 1 atom stereocenters. The first kappa shape index (κ1) is 16.7. The molecule has 0 spiro atoms. The molecule has 19 heavy (non-hydrogen) atoms. The van der Waals surface area contributed by atoms with Crippen LogP contribution < -0.4 is 10.1 Å². The number of hydrogen-bond donors (Lipinski definition) is 1. The maximum atomic E-state index is 5.46. The van der Waals surface area contributed by atoms with Crippen molar-refractivity contribution in [1.29, 1.82) is 0 Å². The summed E-state index contributed by atoms with van der Waals surface area (Å²) in [5.41, 5.74) is 2.36. The molecule has 0 heterocycles. The van der Waals surface area contributed by atoms with E-state index in [4.69, 9.17) is 4.74 Å². The highest BCUT2D eigenvalue weighted by atomic mass is 79.9. The molecule has 0 aliphatic heterocycles. The van der Waals surface area contributed by atoms with Crippen LogP contribution in [-0.2, 0) is 0 Å². The van der Waals surface area contributed by atoms with Crippen LogP contribution in [-0.4, -0.2) is 19.7 Å². The fraction of sp³-hybridized carbons (Fsp3) is 0.467. The fourth-order valence-corrected chi connectivity index (χ4v) is 3.22. The van der Waals surface area contributed by atoms with Crippen LogP contribution >= 0.6 is 31.9 Å². The van der Waals surface area contributed by atoms with Crippen molar-refractivity contribution in [3.8, 4) is 5.75 Å². The predicted molar refractivity (Wildman–Crippen MR) is 89.8 cm³/mol. The van der Waals surface area contributed by atoms with E-state index in [0.717, 1.165) is 33.2 Å². The quantitative estimate of drug-likeness (QED) is 0.736. The number of halogens is 2. The van der Waals surface area contributed by atoms with Crippen molar-refractivity contribution in [1.82, 2.24) is 5.32 Å². The van der Waals surface area contributed by atoms with Gasteiger partial charge >= 0.3 is 0 Å². The zero-order valence-corrected chi connectivity index (χ0v) is 15.1. The molecule has 1 N–H and O–H groups in total. The zero-order valence-electron chi connectivity index (χ0n) is 11.9. The first-order valence-electron chi connectivity index (χ1n) is 6.44. The molecule has 1 aromatic rings. The Balaban J connectivity index is 3.02. The van der Waals surface area contributed by atoms with Crippen LogP contribution in [0.1, 0.15) is 32.8 Å². The molecule has 0 saturated heterocycles. The second-order valence-corrected chi connectivity index (χ2v) is 6.34. The van der Waals surface area contributed by atoms with Crippen molar-refractivity contribution >= 4 is 37.9 Å². The molecule has 0 radical (unpaired) electrons.